The first-order valence-electron chi connectivity index (χ1n) is 10.1. The number of aliphatic imine (C=N–C) groups is 1. The lowest BCUT2D eigenvalue weighted by atomic mass is 10.2. The smallest absolute Gasteiger partial charge is 0.196 e. The molecule has 0 bridgehead atoms. The van der Waals surface area contributed by atoms with Crippen molar-refractivity contribution < 1.29 is 9.47 Å². The maximum atomic E-state index is 5.67. The Hall–Kier alpha value is -2.75. The average Bonchev–Trinajstić information content (AvgIpc) is 3.19. The number of hydrogen-bond acceptors (Lipinski definition) is 4. The second kappa shape index (κ2) is 12.2. The monoisotopic (exact) mass is 535 g/mol. The zero-order chi connectivity index (χ0) is 21.3. The van der Waals surface area contributed by atoms with Crippen molar-refractivity contribution in [2.45, 2.75) is 27.3 Å². The number of aromatic nitrogens is 2. The molecule has 0 spiro atoms. The first kappa shape index (κ1) is 24.5. The molecule has 8 heteroatoms. The maximum absolute atomic E-state index is 5.67. The summed E-state index contributed by atoms with van der Waals surface area (Å²) in [4.78, 5) is 4.77. The molecular weight excluding hydrogens is 505 g/mol. The Balaban J connectivity index is 0.00000341. The lowest BCUT2D eigenvalue weighted by Crippen LogP contribution is -2.30. The second-order valence-electron chi connectivity index (χ2n) is 6.65. The Morgan fingerprint density at radius 2 is 1.90 bits per heavy atom. The van der Waals surface area contributed by atoms with E-state index < -0.39 is 0 Å². The topological polar surface area (TPSA) is 72.7 Å². The SMILES string of the molecule is CCNC(=NCc1ccccc1-n1ccc(C)n1)Nc1ccc(OC)c(OCC)c1.I. The first-order valence-corrected chi connectivity index (χ1v) is 10.1. The molecule has 0 atom stereocenters. The van der Waals surface area contributed by atoms with Crippen LogP contribution in [0.15, 0.2) is 59.7 Å². The van der Waals surface area contributed by atoms with Crippen molar-refractivity contribution in [3.05, 3.63) is 66.0 Å². The number of para-hydroxylation sites is 1. The Morgan fingerprint density at radius 1 is 1.10 bits per heavy atom. The van der Waals surface area contributed by atoms with Crippen LogP contribution in [-0.2, 0) is 6.54 Å². The fraction of sp³-hybridized carbons (Fsp3) is 0.304. The summed E-state index contributed by atoms with van der Waals surface area (Å²) in [5.74, 6) is 2.09. The molecule has 3 aromatic rings. The molecule has 0 unspecified atom stereocenters. The highest BCUT2D eigenvalue weighted by molar-refractivity contribution is 14.0. The predicted octanol–water partition coefficient (Wildman–Crippen LogP) is 4.78. The average molecular weight is 535 g/mol. The number of rotatable bonds is 8. The van der Waals surface area contributed by atoms with E-state index >= 15 is 0 Å². The standard InChI is InChI=1S/C23H29N5O2.HI/c1-5-24-23(26-19-11-12-21(29-4)22(15-19)30-6-2)25-16-18-9-7-8-10-20(18)28-14-13-17(3)27-28;/h7-15H,5-6,16H2,1-4H3,(H2,24,25,26);1H. The Kier molecular flexibility index (Phi) is 9.64. The molecule has 0 fully saturated rings. The number of nitrogens with zero attached hydrogens (tertiary/aromatic N) is 3. The van der Waals surface area contributed by atoms with Gasteiger partial charge in [0.2, 0.25) is 0 Å². The van der Waals surface area contributed by atoms with Gasteiger partial charge in [0.15, 0.2) is 17.5 Å². The van der Waals surface area contributed by atoms with Crippen LogP contribution in [0.4, 0.5) is 5.69 Å². The van der Waals surface area contributed by atoms with E-state index in [1.54, 1.807) is 7.11 Å². The molecule has 0 aliphatic rings. The van der Waals surface area contributed by atoms with Gasteiger partial charge in [-0.1, -0.05) is 18.2 Å². The van der Waals surface area contributed by atoms with E-state index in [1.807, 2.05) is 68.0 Å². The van der Waals surface area contributed by atoms with Crippen LogP contribution in [-0.4, -0.2) is 36.0 Å². The zero-order valence-electron chi connectivity index (χ0n) is 18.4. The maximum Gasteiger partial charge on any atom is 0.196 e. The van der Waals surface area contributed by atoms with Gasteiger partial charge in [0.25, 0.3) is 0 Å². The van der Waals surface area contributed by atoms with Gasteiger partial charge in [0.1, 0.15) is 0 Å². The molecule has 0 saturated carbocycles. The van der Waals surface area contributed by atoms with Crippen molar-refractivity contribution in [2.75, 3.05) is 25.6 Å². The lowest BCUT2D eigenvalue weighted by molar-refractivity contribution is 0.311. The lowest BCUT2D eigenvalue weighted by Gasteiger charge is -2.15. The van der Waals surface area contributed by atoms with Crippen LogP contribution in [0.1, 0.15) is 25.1 Å². The second-order valence-corrected chi connectivity index (χ2v) is 6.65. The van der Waals surface area contributed by atoms with Crippen LogP contribution < -0.4 is 20.1 Å². The van der Waals surface area contributed by atoms with Gasteiger partial charge in [-0.3, -0.25) is 0 Å². The summed E-state index contributed by atoms with van der Waals surface area (Å²) in [6.07, 6.45) is 1.97. The predicted molar refractivity (Wildman–Crippen MR) is 136 cm³/mol. The molecule has 1 aromatic heterocycles. The Labute approximate surface area is 200 Å². The van der Waals surface area contributed by atoms with E-state index in [9.17, 15) is 0 Å². The van der Waals surface area contributed by atoms with Gasteiger partial charge < -0.3 is 20.1 Å². The van der Waals surface area contributed by atoms with Crippen molar-refractivity contribution in [1.29, 1.82) is 0 Å². The number of methoxy groups -OCH3 is 1. The third-order valence-corrected chi connectivity index (χ3v) is 4.44. The molecule has 0 saturated heterocycles. The molecule has 3 rings (SSSR count). The summed E-state index contributed by atoms with van der Waals surface area (Å²) in [6, 6.07) is 15.9. The van der Waals surface area contributed by atoms with Gasteiger partial charge in [0.05, 0.1) is 31.6 Å². The fourth-order valence-corrected chi connectivity index (χ4v) is 3.05. The molecule has 1 heterocycles. The number of nitrogens with one attached hydrogen (secondary N) is 2. The number of benzene rings is 2. The molecule has 0 aliphatic carbocycles. The van der Waals surface area contributed by atoms with Crippen molar-refractivity contribution >= 4 is 35.6 Å². The minimum absolute atomic E-state index is 0. The molecular formula is C23H30IN5O2. The van der Waals surface area contributed by atoms with Crippen LogP contribution in [0.2, 0.25) is 0 Å². The zero-order valence-corrected chi connectivity index (χ0v) is 20.7. The van der Waals surface area contributed by atoms with Crippen molar-refractivity contribution in [2.24, 2.45) is 4.99 Å². The summed E-state index contributed by atoms with van der Waals surface area (Å²) in [6.45, 7) is 7.80. The summed E-state index contributed by atoms with van der Waals surface area (Å²) < 4.78 is 12.9. The molecule has 2 aromatic carbocycles. The molecule has 7 nitrogen and oxygen atoms in total. The third-order valence-electron chi connectivity index (χ3n) is 4.44. The van der Waals surface area contributed by atoms with E-state index in [2.05, 4.69) is 27.9 Å². The van der Waals surface area contributed by atoms with E-state index in [1.165, 1.54) is 0 Å². The highest BCUT2D eigenvalue weighted by Crippen LogP contribution is 2.30. The Bertz CT molecular complexity index is 1000. The van der Waals surface area contributed by atoms with Crippen molar-refractivity contribution in [1.82, 2.24) is 15.1 Å². The van der Waals surface area contributed by atoms with Gasteiger partial charge in [-0.15, -0.1) is 24.0 Å². The molecule has 166 valence electrons. The first-order chi connectivity index (χ1) is 14.6. The molecule has 0 amide bonds. The van der Waals surface area contributed by atoms with Gasteiger partial charge in [-0.25, -0.2) is 9.67 Å². The quantitative estimate of drug-likeness (QED) is 0.247. The van der Waals surface area contributed by atoms with Crippen molar-refractivity contribution in [3.8, 4) is 17.2 Å². The number of halogens is 1. The van der Waals surface area contributed by atoms with Crippen LogP contribution in [0.25, 0.3) is 5.69 Å². The van der Waals surface area contributed by atoms with Gasteiger partial charge in [0, 0.05) is 24.5 Å². The van der Waals surface area contributed by atoms with Crippen LogP contribution in [0.5, 0.6) is 11.5 Å². The van der Waals surface area contributed by atoms with E-state index in [4.69, 9.17) is 14.5 Å². The Morgan fingerprint density at radius 3 is 2.58 bits per heavy atom. The summed E-state index contributed by atoms with van der Waals surface area (Å²) >= 11 is 0. The van der Waals surface area contributed by atoms with Gasteiger partial charge in [-0.05, 0) is 50.6 Å². The number of guanidine groups is 1. The molecule has 2 N–H and O–H groups in total. The summed E-state index contributed by atoms with van der Waals surface area (Å²) in [5.41, 5.74) is 3.96. The van der Waals surface area contributed by atoms with Gasteiger partial charge in [-0.2, -0.15) is 5.10 Å². The summed E-state index contributed by atoms with van der Waals surface area (Å²) in [5, 5.41) is 11.2. The van der Waals surface area contributed by atoms with Gasteiger partial charge >= 0.3 is 0 Å². The molecule has 31 heavy (non-hydrogen) atoms. The largest absolute Gasteiger partial charge is 0.493 e. The van der Waals surface area contributed by atoms with Crippen molar-refractivity contribution in [3.63, 3.8) is 0 Å². The minimum atomic E-state index is 0. The summed E-state index contributed by atoms with van der Waals surface area (Å²) in [7, 11) is 1.63. The van der Waals surface area contributed by atoms with Crippen LogP contribution in [0.3, 0.4) is 0 Å². The molecule has 0 aliphatic heterocycles. The number of aryl methyl sites for hydroxylation is 1. The van der Waals surface area contributed by atoms with E-state index in [-0.39, 0.29) is 24.0 Å². The van der Waals surface area contributed by atoms with Crippen LogP contribution in [0, 0.1) is 6.92 Å². The van der Waals surface area contributed by atoms with E-state index in [0.717, 1.165) is 29.2 Å². The third kappa shape index (κ3) is 6.61. The normalized spacial score (nSPS) is 10.9. The minimum Gasteiger partial charge on any atom is -0.493 e. The van der Waals surface area contributed by atoms with Crippen LogP contribution >= 0.6 is 24.0 Å². The number of anilines is 1. The van der Waals surface area contributed by atoms with E-state index in [0.29, 0.717) is 30.6 Å². The molecule has 0 radical (unpaired) electrons. The highest BCUT2D eigenvalue weighted by atomic mass is 127. The highest BCUT2D eigenvalue weighted by Gasteiger charge is 2.08. The fourth-order valence-electron chi connectivity index (χ4n) is 3.05. The number of hydrogen-bond donors (Lipinski definition) is 2. The number of ether oxygens (including phenoxy) is 2.